The molecule has 22 heavy (non-hydrogen) atoms. The van der Waals surface area contributed by atoms with Crippen molar-refractivity contribution in [2.75, 3.05) is 5.73 Å². The van der Waals surface area contributed by atoms with Crippen LogP contribution in [0.3, 0.4) is 0 Å². The molecular weight excluding hydrogens is 280 g/mol. The van der Waals surface area contributed by atoms with Crippen LogP contribution in [0.4, 0.5) is 5.69 Å². The molecule has 1 fully saturated rings. The van der Waals surface area contributed by atoms with E-state index in [0.717, 1.165) is 5.39 Å². The Balaban J connectivity index is 1.88. The van der Waals surface area contributed by atoms with E-state index in [2.05, 4.69) is 22.2 Å². The maximum atomic E-state index is 12.5. The maximum Gasteiger partial charge on any atom is 0.254 e. The van der Waals surface area contributed by atoms with Gasteiger partial charge in [0.15, 0.2) is 0 Å². The molecule has 0 bridgehead atoms. The molecule has 1 atom stereocenters. The number of anilines is 1. The van der Waals surface area contributed by atoms with Crippen molar-refractivity contribution < 1.29 is 9.59 Å². The van der Waals surface area contributed by atoms with Crippen molar-refractivity contribution in [3.8, 4) is 0 Å². The van der Waals surface area contributed by atoms with Crippen LogP contribution >= 0.6 is 0 Å². The number of benzene rings is 1. The van der Waals surface area contributed by atoms with Crippen LogP contribution in [0.25, 0.3) is 10.9 Å². The van der Waals surface area contributed by atoms with E-state index in [0.29, 0.717) is 35.3 Å². The molecule has 0 radical (unpaired) electrons. The monoisotopic (exact) mass is 296 g/mol. The molecule has 0 aliphatic carbocycles. The van der Waals surface area contributed by atoms with Crippen molar-refractivity contribution >= 4 is 28.4 Å². The SMILES string of the molecule is C=C1CCC(NC(=O)c2ccc(N)c3cccnc23)C(=O)N1. The van der Waals surface area contributed by atoms with Crippen molar-refractivity contribution in [3.63, 3.8) is 0 Å². The van der Waals surface area contributed by atoms with Gasteiger partial charge in [-0.15, -0.1) is 0 Å². The van der Waals surface area contributed by atoms with E-state index in [1.165, 1.54) is 0 Å². The molecular formula is C16H16N4O2. The van der Waals surface area contributed by atoms with Crippen molar-refractivity contribution in [2.24, 2.45) is 0 Å². The molecule has 1 unspecified atom stereocenters. The first kappa shape index (κ1) is 14.1. The second-order valence-corrected chi connectivity index (χ2v) is 5.26. The van der Waals surface area contributed by atoms with Gasteiger partial charge in [0.25, 0.3) is 5.91 Å². The van der Waals surface area contributed by atoms with E-state index in [-0.39, 0.29) is 11.8 Å². The third-order valence-electron chi connectivity index (χ3n) is 3.70. The van der Waals surface area contributed by atoms with E-state index < -0.39 is 6.04 Å². The van der Waals surface area contributed by atoms with Gasteiger partial charge >= 0.3 is 0 Å². The maximum absolute atomic E-state index is 12.5. The minimum absolute atomic E-state index is 0.239. The highest BCUT2D eigenvalue weighted by atomic mass is 16.2. The van der Waals surface area contributed by atoms with Crippen LogP contribution in [-0.2, 0) is 4.79 Å². The Labute approximate surface area is 127 Å². The lowest BCUT2D eigenvalue weighted by molar-refractivity contribution is -0.123. The second kappa shape index (κ2) is 5.48. The summed E-state index contributed by atoms with van der Waals surface area (Å²) in [5.74, 6) is -0.575. The average molecular weight is 296 g/mol. The first-order valence-corrected chi connectivity index (χ1v) is 6.99. The number of nitrogens with one attached hydrogen (secondary N) is 2. The molecule has 4 N–H and O–H groups in total. The van der Waals surface area contributed by atoms with Gasteiger partial charge < -0.3 is 16.4 Å². The van der Waals surface area contributed by atoms with Crippen LogP contribution in [-0.4, -0.2) is 22.8 Å². The quantitative estimate of drug-likeness (QED) is 0.728. The van der Waals surface area contributed by atoms with Crippen LogP contribution in [0.1, 0.15) is 23.2 Å². The summed E-state index contributed by atoms with van der Waals surface area (Å²) in [6.45, 7) is 3.72. The van der Waals surface area contributed by atoms with Gasteiger partial charge in [0.05, 0.1) is 11.1 Å². The van der Waals surface area contributed by atoms with Gasteiger partial charge in [-0.3, -0.25) is 14.6 Å². The molecule has 0 saturated carbocycles. The second-order valence-electron chi connectivity index (χ2n) is 5.26. The number of nitrogens with zero attached hydrogens (tertiary/aromatic N) is 1. The summed E-state index contributed by atoms with van der Waals surface area (Å²) in [6, 6.07) is 6.31. The number of rotatable bonds is 2. The predicted octanol–water partition coefficient (Wildman–Crippen LogP) is 1.34. The summed E-state index contributed by atoms with van der Waals surface area (Å²) in [5.41, 5.74) is 8.07. The van der Waals surface area contributed by atoms with Gasteiger partial charge in [0, 0.05) is 23.0 Å². The molecule has 112 valence electrons. The molecule has 2 aromatic rings. The largest absolute Gasteiger partial charge is 0.398 e. The van der Waals surface area contributed by atoms with Crippen molar-refractivity contribution in [3.05, 3.63) is 48.3 Å². The number of fused-ring (bicyclic) bond motifs is 1. The normalized spacial score (nSPS) is 18.1. The number of allylic oxidation sites excluding steroid dienone is 1. The number of nitrogens with two attached hydrogens (primary N) is 1. The van der Waals surface area contributed by atoms with Crippen LogP contribution < -0.4 is 16.4 Å². The third-order valence-corrected chi connectivity index (χ3v) is 3.70. The fourth-order valence-electron chi connectivity index (χ4n) is 2.53. The molecule has 1 aromatic heterocycles. The topological polar surface area (TPSA) is 97.1 Å². The number of carbonyl (C=O) groups is 2. The standard InChI is InChI=1S/C16H16N4O2/c1-9-4-7-13(16(22)19-9)20-15(21)11-5-6-12(17)10-3-2-8-18-14(10)11/h2-3,5-6,8,13H,1,4,7,17H2,(H,19,22)(H,20,21). The summed E-state index contributed by atoms with van der Waals surface area (Å²) in [5, 5.41) is 6.11. The summed E-state index contributed by atoms with van der Waals surface area (Å²) >= 11 is 0. The number of hydrogen-bond acceptors (Lipinski definition) is 4. The number of pyridine rings is 1. The fourth-order valence-corrected chi connectivity index (χ4v) is 2.53. The fraction of sp³-hybridized carbons (Fsp3) is 0.188. The highest BCUT2D eigenvalue weighted by Crippen LogP contribution is 2.23. The van der Waals surface area contributed by atoms with Gasteiger partial charge in [-0.1, -0.05) is 6.58 Å². The van der Waals surface area contributed by atoms with Crippen LogP contribution in [0.5, 0.6) is 0 Å². The Morgan fingerprint density at radius 1 is 1.41 bits per heavy atom. The zero-order valence-electron chi connectivity index (χ0n) is 11.9. The van der Waals surface area contributed by atoms with Crippen molar-refractivity contribution in [1.29, 1.82) is 0 Å². The highest BCUT2D eigenvalue weighted by Gasteiger charge is 2.26. The third kappa shape index (κ3) is 2.50. The number of carbonyl (C=O) groups excluding carboxylic acids is 2. The lowest BCUT2D eigenvalue weighted by atomic mass is 10.0. The molecule has 1 aliphatic heterocycles. The van der Waals surface area contributed by atoms with Crippen molar-refractivity contribution in [2.45, 2.75) is 18.9 Å². The Hall–Kier alpha value is -2.89. The molecule has 2 heterocycles. The Morgan fingerprint density at radius 2 is 2.23 bits per heavy atom. The number of piperidine rings is 1. The summed E-state index contributed by atoms with van der Waals surface area (Å²) < 4.78 is 0. The molecule has 0 spiro atoms. The number of aromatic nitrogens is 1. The van der Waals surface area contributed by atoms with Gasteiger partial charge in [-0.05, 0) is 37.1 Å². The first-order valence-electron chi connectivity index (χ1n) is 6.99. The summed E-state index contributed by atoms with van der Waals surface area (Å²) in [4.78, 5) is 28.6. The lowest BCUT2D eigenvalue weighted by Gasteiger charge is -2.24. The Morgan fingerprint density at radius 3 is 3.00 bits per heavy atom. The number of hydrogen-bond donors (Lipinski definition) is 3. The average Bonchev–Trinajstić information content (AvgIpc) is 2.50. The smallest absolute Gasteiger partial charge is 0.254 e. The van der Waals surface area contributed by atoms with E-state index >= 15 is 0 Å². The number of nitrogen functional groups attached to an aromatic ring is 1. The molecule has 3 rings (SSSR count). The molecule has 6 nitrogen and oxygen atoms in total. The van der Waals surface area contributed by atoms with Gasteiger partial charge in [-0.25, -0.2) is 0 Å². The summed E-state index contributed by atoms with van der Waals surface area (Å²) in [6.07, 6.45) is 2.80. The molecule has 1 aromatic carbocycles. The predicted molar refractivity (Wildman–Crippen MR) is 83.9 cm³/mol. The zero-order valence-corrected chi connectivity index (χ0v) is 11.9. The Kier molecular flexibility index (Phi) is 3.50. The molecule has 2 amide bonds. The molecule has 1 aliphatic rings. The number of amides is 2. The zero-order chi connectivity index (χ0) is 15.7. The van der Waals surface area contributed by atoms with Crippen LogP contribution in [0, 0.1) is 0 Å². The van der Waals surface area contributed by atoms with E-state index in [4.69, 9.17) is 5.73 Å². The Bertz CT molecular complexity index is 785. The van der Waals surface area contributed by atoms with Crippen molar-refractivity contribution in [1.82, 2.24) is 15.6 Å². The summed E-state index contributed by atoms with van der Waals surface area (Å²) in [7, 11) is 0. The van der Waals surface area contributed by atoms with E-state index in [1.54, 1.807) is 24.4 Å². The molecule has 1 saturated heterocycles. The van der Waals surface area contributed by atoms with Gasteiger partial charge in [0.2, 0.25) is 5.91 Å². The van der Waals surface area contributed by atoms with Gasteiger partial charge in [-0.2, -0.15) is 0 Å². The van der Waals surface area contributed by atoms with Crippen LogP contribution in [0.2, 0.25) is 0 Å². The lowest BCUT2D eigenvalue weighted by Crippen LogP contribution is -2.49. The van der Waals surface area contributed by atoms with Gasteiger partial charge in [0.1, 0.15) is 6.04 Å². The highest BCUT2D eigenvalue weighted by molar-refractivity contribution is 6.09. The molecule has 6 heteroatoms. The van der Waals surface area contributed by atoms with E-state index in [9.17, 15) is 9.59 Å². The van der Waals surface area contributed by atoms with Crippen LogP contribution in [0.15, 0.2) is 42.7 Å². The minimum Gasteiger partial charge on any atom is -0.398 e. The first-order chi connectivity index (χ1) is 10.6. The minimum atomic E-state index is -0.561. The van der Waals surface area contributed by atoms with E-state index in [1.807, 2.05) is 6.07 Å².